The van der Waals surface area contributed by atoms with Crippen LogP contribution in [-0.2, 0) is 16.6 Å². The number of sulfonamides is 1. The van der Waals surface area contributed by atoms with E-state index in [1.54, 1.807) is 18.5 Å². The van der Waals surface area contributed by atoms with E-state index in [-0.39, 0.29) is 16.9 Å². The van der Waals surface area contributed by atoms with Gasteiger partial charge >= 0.3 is 0 Å². The molecule has 1 N–H and O–H groups in total. The summed E-state index contributed by atoms with van der Waals surface area (Å²) in [6, 6.07) is 2.81. The van der Waals surface area contributed by atoms with Gasteiger partial charge in [0, 0.05) is 18.4 Å². The van der Waals surface area contributed by atoms with Crippen molar-refractivity contribution in [1.82, 2.24) is 24.7 Å². The van der Waals surface area contributed by atoms with Gasteiger partial charge in [-0.05, 0) is 18.1 Å². The van der Waals surface area contributed by atoms with Crippen molar-refractivity contribution in [2.24, 2.45) is 5.92 Å². The molecule has 0 aliphatic rings. The Morgan fingerprint density at radius 1 is 1.25 bits per heavy atom. The molecule has 1 atom stereocenters. The van der Waals surface area contributed by atoms with Crippen LogP contribution in [0, 0.1) is 5.92 Å². The van der Waals surface area contributed by atoms with Crippen LogP contribution in [0.15, 0.2) is 41.8 Å². The van der Waals surface area contributed by atoms with E-state index in [4.69, 9.17) is 0 Å². The summed E-state index contributed by atoms with van der Waals surface area (Å²) in [5.41, 5.74) is 0. The molecule has 8 heteroatoms. The second-order valence-corrected chi connectivity index (χ2v) is 6.46. The van der Waals surface area contributed by atoms with Gasteiger partial charge < -0.3 is 0 Å². The summed E-state index contributed by atoms with van der Waals surface area (Å²) in [7, 11) is -3.59. The molecule has 0 spiro atoms. The lowest BCUT2D eigenvalue weighted by Crippen LogP contribution is -2.41. The molecule has 2 aromatic rings. The molecule has 0 saturated carbocycles. The number of rotatable bonds is 6. The van der Waals surface area contributed by atoms with Crippen LogP contribution in [0.2, 0.25) is 0 Å². The number of hydrogen-bond donors (Lipinski definition) is 1. The lowest BCUT2D eigenvalue weighted by molar-refractivity contribution is 0.361. The topological polar surface area (TPSA) is 89.8 Å². The van der Waals surface area contributed by atoms with Crippen LogP contribution in [0.1, 0.15) is 13.8 Å². The third kappa shape index (κ3) is 3.61. The van der Waals surface area contributed by atoms with Crippen molar-refractivity contribution in [1.29, 1.82) is 0 Å². The first-order valence-corrected chi connectivity index (χ1v) is 7.74. The van der Waals surface area contributed by atoms with Crippen LogP contribution in [0.3, 0.4) is 0 Å². The highest BCUT2D eigenvalue weighted by Gasteiger charge is 2.23. The Morgan fingerprint density at radius 3 is 2.50 bits per heavy atom. The molecule has 0 aromatic carbocycles. The first kappa shape index (κ1) is 14.6. The molecule has 0 bridgehead atoms. The van der Waals surface area contributed by atoms with E-state index in [9.17, 15) is 8.42 Å². The summed E-state index contributed by atoms with van der Waals surface area (Å²) >= 11 is 0. The normalized spacial score (nSPS) is 13.6. The SMILES string of the molecule is CC(C)[C@@H](Cn1nccn1)NS(=O)(=O)c1cccnc1. The maximum absolute atomic E-state index is 12.3. The molecule has 0 amide bonds. The van der Waals surface area contributed by atoms with Gasteiger partial charge in [-0.2, -0.15) is 15.0 Å². The van der Waals surface area contributed by atoms with Crippen LogP contribution >= 0.6 is 0 Å². The zero-order valence-corrected chi connectivity index (χ0v) is 12.2. The molecular weight excluding hydrogens is 278 g/mol. The lowest BCUT2D eigenvalue weighted by Gasteiger charge is -2.21. The van der Waals surface area contributed by atoms with Gasteiger partial charge in [0.1, 0.15) is 4.90 Å². The van der Waals surface area contributed by atoms with Crippen molar-refractivity contribution >= 4 is 10.0 Å². The van der Waals surface area contributed by atoms with E-state index in [2.05, 4.69) is 19.9 Å². The molecule has 7 nitrogen and oxygen atoms in total. The van der Waals surface area contributed by atoms with E-state index >= 15 is 0 Å². The highest BCUT2D eigenvalue weighted by atomic mass is 32.2. The fourth-order valence-corrected chi connectivity index (χ4v) is 3.01. The summed E-state index contributed by atoms with van der Waals surface area (Å²) in [6.07, 6.45) is 5.98. The molecule has 20 heavy (non-hydrogen) atoms. The molecule has 0 aliphatic heterocycles. The van der Waals surface area contributed by atoms with Crippen LogP contribution in [-0.4, -0.2) is 34.4 Å². The predicted molar refractivity (Wildman–Crippen MR) is 73.2 cm³/mol. The van der Waals surface area contributed by atoms with Crippen LogP contribution < -0.4 is 4.72 Å². The van der Waals surface area contributed by atoms with E-state index in [1.165, 1.54) is 23.3 Å². The Kier molecular flexibility index (Phi) is 4.46. The highest BCUT2D eigenvalue weighted by molar-refractivity contribution is 7.89. The summed E-state index contributed by atoms with van der Waals surface area (Å²) in [5.74, 6) is 0.104. The molecule has 0 fully saturated rings. The van der Waals surface area contributed by atoms with Crippen molar-refractivity contribution in [2.45, 2.75) is 31.3 Å². The van der Waals surface area contributed by atoms with E-state index in [0.717, 1.165) is 0 Å². The van der Waals surface area contributed by atoms with Crippen molar-refractivity contribution < 1.29 is 8.42 Å². The molecule has 0 saturated heterocycles. The van der Waals surface area contributed by atoms with Crippen molar-refractivity contribution in [3.63, 3.8) is 0 Å². The smallest absolute Gasteiger partial charge is 0.242 e. The Bertz CT molecular complexity index is 625. The Balaban J connectivity index is 2.16. The number of nitrogens with one attached hydrogen (secondary N) is 1. The van der Waals surface area contributed by atoms with Crippen molar-refractivity contribution in [3.05, 3.63) is 36.9 Å². The second-order valence-electron chi connectivity index (χ2n) is 4.74. The zero-order valence-electron chi connectivity index (χ0n) is 11.3. The minimum Gasteiger partial charge on any atom is -0.263 e. The monoisotopic (exact) mass is 295 g/mol. The van der Waals surface area contributed by atoms with Crippen LogP contribution in [0.4, 0.5) is 0 Å². The van der Waals surface area contributed by atoms with E-state index in [1.807, 2.05) is 13.8 Å². The quantitative estimate of drug-likeness (QED) is 0.846. The average molecular weight is 295 g/mol. The number of aromatic nitrogens is 4. The van der Waals surface area contributed by atoms with Crippen LogP contribution in [0.5, 0.6) is 0 Å². The van der Waals surface area contributed by atoms with E-state index in [0.29, 0.717) is 6.54 Å². The van der Waals surface area contributed by atoms with Crippen molar-refractivity contribution in [3.8, 4) is 0 Å². The lowest BCUT2D eigenvalue weighted by atomic mass is 10.1. The van der Waals surface area contributed by atoms with Gasteiger partial charge in [0.2, 0.25) is 10.0 Å². The second kappa shape index (κ2) is 6.10. The zero-order chi connectivity index (χ0) is 14.6. The summed E-state index contributed by atoms with van der Waals surface area (Å²) in [4.78, 5) is 5.45. The third-order valence-electron chi connectivity index (χ3n) is 2.88. The predicted octanol–water partition coefficient (Wildman–Crippen LogP) is 0.676. The highest BCUT2D eigenvalue weighted by Crippen LogP contribution is 2.11. The molecule has 108 valence electrons. The molecule has 2 rings (SSSR count). The number of hydrogen-bond acceptors (Lipinski definition) is 5. The van der Waals surface area contributed by atoms with Gasteiger partial charge in [0.15, 0.2) is 0 Å². The van der Waals surface area contributed by atoms with Gasteiger partial charge in [-0.15, -0.1) is 0 Å². The van der Waals surface area contributed by atoms with Crippen LogP contribution in [0.25, 0.3) is 0 Å². The van der Waals surface area contributed by atoms with Gasteiger partial charge in [0.05, 0.1) is 18.9 Å². The molecular formula is C12H17N5O2S. The Hall–Kier alpha value is -1.80. The number of pyridine rings is 1. The summed E-state index contributed by atoms with van der Waals surface area (Å²) < 4.78 is 27.2. The Labute approximate surface area is 118 Å². The molecule has 0 aliphatic carbocycles. The summed E-state index contributed by atoms with van der Waals surface area (Å²) in [5, 5.41) is 8.00. The largest absolute Gasteiger partial charge is 0.263 e. The first-order valence-electron chi connectivity index (χ1n) is 6.25. The maximum atomic E-state index is 12.3. The molecule has 2 aromatic heterocycles. The minimum absolute atomic E-state index is 0.104. The fraction of sp³-hybridized carbons (Fsp3) is 0.417. The molecule has 2 heterocycles. The minimum atomic E-state index is -3.59. The first-order chi connectivity index (χ1) is 9.49. The fourth-order valence-electron chi connectivity index (χ4n) is 1.67. The maximum Gasteiger partial charge on any atom is 0.242 e. The third-order valence-corrected chi connectivity index (χ3v) is 4.36. The molecule has 0 unspecified atom stereocenters. The van der Waals surface area contributed by atoms with Gasteiger partial charge in [-0.3, -0.25) is 4.98 Å². The van der Waals surface area contributed by atoms with Gasteiger partial charge in [0.25, 0.3) is 0 Å². The average Bonchev–Trinajstić information content (AvgIpc) is 2.91. The number of nitrogens with zero attached hydrogens (tertiary/aromatic N) is 4. The van der Waals surface area contributed by atoms with Gasteiger partial charge in [-0.25, -0.2) is 13.1 Å². The van der Waals surface area contributed by atoms with Gasteiger partial charge in [-0.1, -0.05) is 13.8 Å². The Morgan fingerprint density at radius 2 is 1.95 bits per heavy atom. The standard InChI is InChI=1S/C12H17N5O2S/c1-10(2)12(9-17-14-6-7-15-17)16-20(18,19)11-4-3-5-13-8-11/h3-8,10,12,16H,9H2,1-2H3/t12-/m1/s1. The van der Waals surface area contributed by atoms with E-state index < -0.39 is 10.0 Å². The van der Waals surface area contributed by atoms with Crippen molar-refractivity contribution in [2.75, 3.05) is 0 Å². The summed E-state index contributed by atoms with van der Waals surface area (Å²) in [6.45, 7) is 4.27. The molecule has 0 radical (unpaired) electrons.